The first-order valence-corrected chi connectivity index (χ1v) is 9.58. The van der Waals surface area contributed by atoms with Crippen LogP contribution in [-0.4, -0.2) is 91.3 Å². The van der Waals surface area contributed by atoms with Crippen LogP contribution in [0.2, 0.25) is 0 Å². The molecule has 0 aromatic rings. The van der Waals surface area contributed by atoms with Gasteiger partial charge in [0, 0.05) is 52.4 Å². The Morgan fingerprint density at radius 3 is 2.42 bits per heavy atom. The van der Waals surface area contributed by atoms with Crippen LogP contribution in [0.1, 0.15) is 39.0 Å². The van der Waals surface area contributed by atoms with Crippen molar-refractivity contribution in [1.29, 1.82) is 0 Å². The molecule has 1 unspecified atom stereocenters. The van der Waals surface area contributed by atoms with Gasteiger partial charge in [-0.2, -0.15) is 0 Å². The number of carbonyl (C=O) groups excluding carboxylic acids is 1. The number of aliphatic hydroxyl groups excluding tert-OH is 1. The normalized spacial score (nSPS) is 27.7. The van der Waals surface area contributed by atoms with Crippen molar-refractivity contribution in [2.24, 2.45) is 5.92 Å². The van der Waals surface area contributed by atoms with Gasteiger partial charge in [0.15, 0.2) is 0 Å². The molecule has 6 nitrogen and oxygen atoms in total. The Bertz CT molecular complexity index is 377. The molecule has 140 valence electrons. The van der Waals surface area contributed by atoms with Gasteiger partial charge in [-0.25, -0.2) is 4.79 Å². The summed E-state index contributed by atoms with van der Waals surface area (Å²) in [4.78, 5) is 18.5. The molecule has 1 atom stereocenters. The number of likely N-dealkylation sites (N-methyl/N-ethyl adjacent to an activating group) is 2. The second kappa shape index (κ2) is 9.59. The molecule has 24 heavy (non-hydrogen) atoms. The van der Waals surface area contributed by atoms with Crippen molar-refractivity contribution < 1.29 is 9.90 Å². The van der Waals surface area contributed by atoms with Crippen molar-refractivity contribution in [3.63, 3.8) is 0 Å². The van der Waals surface area contributed by atoms with E-state index in [1.54, 1.807) is 11.9 Å². The van der Waals surface area contributed by atoms with Crippen molar-refractivity contribution in [3.8, 4) is 0 Å². The lowest BCUT2D eigenvalue weighted by atomic mass is 9.84. The monoisotopic (exact) mass is 340 g/mol. The minimum Gasteiger partial charge on any atom is -0.390 e. The van der Waals surface area contributed by atoms with Gasteiger partial charge >= 0.3 is 6.03 Å². The van der Waals surface area contributed by atoms with Gasteiger partial charge in [-0.15, -0.1) is 0 Å². The first kappa shape index (κ1) is 19.5. The molecule has 1 heterocycles. The summed E-state index contributed by atoms with van der Waals surface area (Å²) < 4.78 is 0. The molecule has 6 heteroatoms. The first-order chi connectivity index (χ1) is 11.5. The van der Waals surface area contributed by atoms with Gasteiger partial charge in [0.2, 0.25) is 0 Å². The third kappa shape index (κ3) is 6.22. The van der Waals surface area contributed by atoms with E-state index >= 15 is 0 Å². The maximum atomic E-state index is 12.3. The van der Waals surface area contributed by atoms with Gasteiger partial charge < -0.3 is 20.2 Å². The average molecular weight is 341 g/mol. The summed E-state index contributed by atoms with van der Waals surface area (Å²) in [6.07, 6.45) is 5.37. The molecular weight excluding hydrogens is 304 g/mol. The minimum absolute atomic E-state index is 0.0487. The number of aliphatic hydroxyl groups is 1. The number of rotatable bonds is 6. The van der Waals surface area contributed by atoms with Crippen LogP contribution in [0.5, 0.6) is 0 Å². The third-order valence-electron chi connectivity index (χ3n) is 5.65. The Morgan fingerprint density at radius 1 is 1.21 bits per heavy atom. The van der Waals surface area contributed by atoms with Crippen LogP contribution in [-0.2, 0) is 0 Å². The molecule has 2 amide bonds. The van der Waals surface area contributed by atoms with Gasteiger partial charge in [0.25, 0.3) is 0 Å². The molecule has 0 bridgehead atoms. The molecule has 2 fully saturated rings. The van der Waals surface area contributed by atoms with Crippen molar-refractivity contribution in [3.05, 3.63) is 0 Å². The molecule has 1 aliphatic carbocycles. The number of piperazine rings is 1. The van der Waals surface area contributed by atoms with E-state index < -0.39 is 6.10 Å². The zero-order valence-corrected chi connectivity index (χ0v) is 15.7. The highest BCUT2D eigenvalue weighted by Gasteiger charge is 2.24. The maximum absolute atomic E-state index is 12.3. The Morgan fingerprint density at radius 2 is 1.83 bits per heavy atom. The van der Waals surface area contributed by atoms with Crippen LogP contribution in [0.15, 0.2) is 0 Å². The molecule has 1 saturated heterocycles. The number of hydrogen-bond acceptors (Lipinski definition) is 4. The fourth-order valence-electron chi connectivity index (χ4n) is 3.79. The molecule has 0 spiro atoms. The number of urea groups is 1. The molecule has 0 aromatic carbocycles. The van der Waals surface area contributed by atoms with Crippen LogP contribution in [0.3, 0.4) is 0 Å². The highest BCUT2D eigenvalue weighted by atomic mass is 16.3. The Hall–Kier alpha value is -0.850. The van der Waals surface area contributed by atoms with Crippen molar-refractivity contribution in [2.75, 3.05) is 53.4 Å². The Labute approximate surface area is 147 Å². The zero-order chi connectivity index (χ0) is 17.5. The molecule has 0 aromatic heterocycles. The second-order valence-corrected chi connectivity index (χ2v) is 7.71. The first-order valence-electron chi connectivity index (χ1n) is 9.58. The minimum atomic E-state index is -0.486. The highest BCUT2D eigenvalue weighted by molar-refractivity contribution is 5.74. The number of amides is 2. The van der Waals surface area contributed by atoms with Crippen LogP contribution < -0.4 is 5.32 Å². The Balaban J connectivity index is 1.65. The maximum Gasteiger partial charge on any atom is 0.317 e. The predicted octanol–water partition coefficient (Wildman–Crippen LogP) is 1.20. The lowest BCUT2D eigenvalue weighted by molar-refractivity contribution is 0.0653. The Kier molecular flexibility index (Phi) is 7.78. The molecular formula is C18H36N4O2. The SMILES string of the molecule is CCC1CCC(NC(=O)N(C)CC(O)CN2CCN(C)CC2)CC1. The fraction of sp³-hybridized carbons (Fsp3) is 0.944. The van der Waals surface area contributed by atoms with E-state index in [2.05, 4.69) is 29.1 Å². The molecule has 1 saturated carbocycles. The smallest absolute Gasteiger partial charge is 0.317 e. The highest BCUT2D eigenvalue weighted by Crippen LogP contribution is 2.26. The molecule has 0 radical (unpaired) electrons. The van der Waals surface area contributed by atoms with E-state index in [1.807, 2.05) is 0 Å². The van der Waals surface area contributed by atoms with Crippen LogP contribution >= 0.6 is 0 Å². The topological polar surface area (TPSA) is 59.1 Å². The number of nitrogens with one attached hydrogen (secondary N) is 1. The summed E-state index contributed by atoms with van der Waals surface area (Å²) in [6.45, 7) is 7.36. The lowest BCUT2D eigenvalue weighted by Crippen LogP contribution is -2.50. The molecule has 2 aliphatic rings. The van der Waals surface area contributed by atoms with E-state index in [0.29, 0.717) is 19.1 Å². The number of nitrogens with zero attached hydrogens (tertiary/aromatic N) is 3. The lowest BCUT2D eigenvalue weighted by Gasteiger charge is -2.34. The van der Waals surface area contributed by atoms with Crippen LogP contribution in [0.25, 0.3) is 0 Å². The summed E-state index contributed by atoms with van der Waals surface area (Å²) >= 11 is 0. The zero-order valence-electron chi connectivity index (χ0n) is 15.7. The average Bonchev–Trinajstić information content (AvgIpc) is 2.57. The standard InChI is InChI=1S/C18H36N4O2/c1-4-15-5-7-16(8-6-15)19-18(24)21(3)13-17(23)14-22-11-9-20(2)10-12-22/h15-17,23H,4-14H2,1-3H3,(H,19,24). The van der Waals surface area contributed by atoms with E-state index in [0.717, 1.165) is 44.9 Å². The third-order valence-corrected chi connectivity index (χ3v) is 5.65. The van der Waals surface area contributed by atoms with Crippen molar-refractivity contribution in [1.82, 2.24) is 20.0 Å². The number of β-amino-alcohol motifs (C(OH)–C–C–N with tert-alkyl or cyclic N) is 1. The van der Waals surface area contributed by atoms with Gasteiger partial charge in [-0.05, 0) is 38.6 Å². The van der Waals surface area contributed by atoms with Crippen LogP contribution in [0, 0.1) is 5.92 Å². The fourth-order valence-corrected chi connectivity index (χ4v) is 3.79. The van der Waals surface area contributed by atoms with Crippen LogP contribution in [0.4, 0.5) is 4.79 Å². The largest absolute Gasteiger partial charge is 0.390 e. The molecule has 2 N–H and O–H groups in total. The van der Waals surface area contributed by atoms with E-state index in [9.17, 15) is 9.90 Å². The predicted molar refractivity (Wildman–Crippen MR) is 97.1 cm³/mol. The molecule has 1 aliphatic heterocycles. The number of hydrogen-bond donors (Lipinski definition) is 2. The van der Waals surface area contributed by atoms with Gasteiger partial charge in [-0.3, -0.25) is 4.90 Å². The summed E-state index contributed by atoms with van der Waals surface area (Å²) in [5.74, 6) is 0.835. The summed E-state index contributed by atoms with van der Waals surface area (Å²) in [6, 6.07) is 0.255. The summed E-state index contributed by atoms with van der Waals surface area (Å²) in [5, 5.41) is 13.4. The van der Waals surface area contributed by atoms with Gasteiger partial charge in [0.1, 0.15) is 0 Å². The molecule has 2 rings (SSSR count). The van der Waals surface area contributed by atoms with Gasteiger partial charge in [0.05, 0.1) is 6.10 Å². The van der Waals surface area contributed by atoms with E-state index in [-0.39, 0.29) is 6.03 Å². The van der Waals surface area contributed by atoms with Crippen molar-refractivity contribution >= 4 is 6.03 Å². The van der Waals surface area contributed by atoms with Gasteiger partial charge in [-0.1, -0.05) is 13.3 Å². The summed E-state index contributed by atoms with van der Waals surface area (Å²) in [7, 11) is 3.90. The number of carbonyl (C=O) groups is 1. The van der Waals surface area contributed by atoms with Crippen molar-refractivity contribution in [2.45, 2.75) is 51.2 Å². The second-order valence-electron chi connectivity index (χ2n) is 7.71. The van der Waals surface area contributed by atoms with E-state index in [4.69, 9.17) is 0 Å². The quantitative estimate of drug-likeness (QED) is 0.763. The summed E-state index contributed by atoms with van der Waals surface area (Å²) in [5.41, 5.74) is 0. The van der Waals surface area contributed by atoms with E-state index in [1.165, 1.54) is 19.3 Å².